The first-order valence-electron chi connectivity index (χ1n) is 26.8. The number of fused-ring (bicyclic) bond motifs is 5. The minimum absolute atomic E-state index is 0.00173. The molecule has 0 aliphatic carbocycles. The van der Waals surface area contributed by atoms with Crippen molar-refractivity contribution in [2.75, 3.05) is 33.0 Å². The summed E-state index contributed by atoms with van der Waals surface area (Å²) in [6.45, 7) is 8.28. The molecule has 5 heterocycles. The Balaban J connectivity index is 0.968. The lowest BCUT2D eigenvalue weighted by molar-refractivity contribution is -0.172. The minimum Gasteiger partial charge on any atom is -0.458 e. The van der Waals surface area contributed by atoms with Gasteiger partial charge >= 0.3 is 5.97 Å². The van der Waals surface area contributed by atoms with E-state index in [4.69, 9.17) is 19.6 Å². The van der Waals surface area contributed by atoms with Gasteiger partial charge in [-0.15, -0.1) is 0 Å². The highest BCUT2D eigenvalue weighted by Gasteiger charge is 2.45. The molecule has 7 amide bonds. The molecule has 0 bridgehead atoms. The Hall–Kier alpha value is -6.95. The molecule has 2 aromatic heterocycles. The number of aliphatic hydroxyl groups excluding tert-OH is 2. The van der Waals surface area contributed by atoms with Crippen LogP contribution in [0.15, 0.2) is 35.1 Å². The fraction of sp³-hybridized carbons (Fsp3) is 0.564. The van der Waals surface area contributed by atoms with Crippen LogP contribution in [0.4, 0.5) is 4.39 Å². The minimum atomic E-state index is -1.98. The Kier molecular flexibility index (Phi) is 21.3. The number of unbranched alkanes of at least 4 members (excludes halogenated alkanes) is 4. The summed E-state index contributed by atoms with van der Waals surface area (Å²) < 4.78 is 27.8. The van der Waals surface area contributed by atoms with E-state index >= 15 is 4.39 Å². The smallest absolute Gasteiger partial charge is 0.343 e. The van der Waals surface area contributed by atoms with Crippen molar-refractivity contribution in [3.63, 3.8) is 0 Å². The van der Waals surface area contributed by atoms with Crippen molar-refractivity contribution >= 4 is 58.2 Å². The number of amides is 7. The lowest BCUT2D eigenvalue weighted by atomic mass is 9.86. The highest BCUT2D eigenvalue weighted by Crippen LogP contribution is 2.39. The molecule has 0 spiro atoms. The molecular formula is C55H73FN8O14. The molecule has 0 saturated heterocycles. The molecule has 424 valence electrons. The van der Waals surface area contributed by atoms with Crippen LogP contribution in [0.1, 0.15) is 133 Å². The molecule has 0 fully saturated rings. The summed E-state index contributed by atoms with van der Waals surface area (Å²) in [4.78, 5) is 122. The Morgan fingerprint density at radius 3 is 2.31 bits per heavy atom. The van der Waals surface area contributed by atoms with Gasteiger partial charge in [0.15, 0.2) is 5.60 Å². The molecule has 5 atom stereocenters. The Morgan fingerprint density at radius 1 is 0.859 bits per heavy atom. The Labute approximate surface area is 451 Å². The van der Waals surface area contributed by atoms with Crippen molar-refractivity contribution in [2.45, 2.75) is 161 Å². The number of benzene rings is 1. The summed E-state index contributed by atoms with van der Waals surface area (Å²) >= 11 is 0. The van der Waals surface area contributed by atoms with Crippen molar-refractivity contribution in [3.8, 4) is 11.4 Å². The van der Waals surface area contributed by atoms with E-state index in [-0.39, 0.29) is 82.4 Å². The maximum absolute atomic E-state index is 15.4. The number of aryl methyl sites for hydroxylation is 1. The van der Waals surface area contributed by atoms with Crippen LogP contribution in [0.25, 0.3) is 22.3 Å². The Bertz CT molecular complexity index is 2840. The van der Waals surface area contributed by atoms with Crippen LogP contribution in [0, 0.1) is 18.7 Å². The van der Waals surface area contributed by atoms with Gasteiger partial charge in [-0.3, -0.25) is 43.3 Å². The van der Waals surface area contributed by atoms with Crippen molar-refractivity contribution in [1.29, 1.82) is 0 Å². The van der Waals surface area contributed by atoms with Gasteiger partial charge in [0.05, 0.1) is 41.7 Å². The first-order valence-corrected chi connectivity index (χ1v) is 26.8. The predicted octanol–water partition coefficient (Wildman–Crippen LogP) is 1.98. The second kappa shape index (κ2) is 27.6. The normalized spacial score (nSPS) is 17.0. The number of aromatic nitrogens is 2. The van der Waals surface area contributed by atoms with Gasteiger partial charge in [-0.1, -0.05) is 27.2 Å². The molecular weight excluding hydrogens is 1020 g/mol. The van der Waals surface area contributed by atoms with Crippen molar-refractivity contribution in [2.24, 2.45) is 5.92 Å². The number of ether oxygens (including phenoxy) is 2. The number of carbonyl (C=O) groups is 8. The van der Waals surface area contributed by atoms with E-state index < -0.39 is 88.5 Å². The summed E-state index contributed by atoms with van der Waals surface area (Å²) in [5, 5.41) is 43.8. The van der Waals surface area contributed by atoms with Gasteiger partial charge in [0.1, 0.15) is 37.3 Å². The molecule has 3 aliphatic rings. The summed E-state index contributed by atoms with van der Waals surface area (Å²) in [5.74, 6) is -5.38. The third-order valence-electron chi connectivity index (χ3n) is 14.5. The number of esters is 1. The fourth-order valence-corrected chi connectivity index (χ4v) is 9.70. The molecule has 8 N–H and O–H groups in total. The molecule has 6 rings (SSSR count). The average molecular weight is 1090 g/mol. The molecule has 0 saturated carbocycles. The number of pyridine rings is 2. The number of imide groups is 1. The molecule has 3 aliphatic heterocycles. The highest BCUT2D eigenvalue weighted by atomic mass is 19.1. The van der Waals surface area contributed by atoms with E-state index in [1.807, 2.05) is 6.07 Å². The first kappa shape index (κ1) is 60.3. The van der Waals surface area contributed by atoms with Crippen molar-refractivity contribution in [3.05, 3.63) is 74.3 Å². The van der Waals surface area contributed by atoms with Crippen LogP contribution >= 0.6 is 0 Å². The zero-order valence-electron chi connectivity index (χ0n) is 45.0. The second-order valence-corrected chi connectivity index (χ2v) is 20.5. The summed E-state index contributed by atoms with van der Waals surface area (Å²) in [7, 11) is 0. The predicted molar refractivity (Wildman–Crippen MR) is 281 cm³/mol. The number of carbonyl (C=O) groups excluding carboxylic acids is 8. The van der Waals surface area contributed by atoms with Gasteiger partial charge in [0.2, 0.25) is 29.5 Å². The highest BCUT2D eigenvalue weighted by molar-refractivity contribution is 6.12. The molecule has 23 heteroatoms. The number of aliphatic hydroxyl groups is 3. The number of halogens is 1. The molecule has 0 radical (unpaired) electrons. The van der Waals surface area contributed by atoms with E-state index in [2.05, 4.69) is 26.6 Å². The topological polar surface area (TPSA) is 314 Å². The van der Waals surface area contributed by atoms with Crippen LogP contribution < -0.4 is 32.1 Å². The molecule has 22 nitrogen and oxygen atoms in total. The van der Waals surface area contributed by atoms with E-state index in [1.165, 1.54) is 29.7 Å². The van der Waals surface area contributed by atoms with Gasteiger partial charge in [-0.2, -0.15) is 0 Å². The average Bonchev–Trinajstić information content (AvgIpc) is 4.11. The lowest BCUT2D eigenvalue weighted by Gasteiger charge is -2.31. The largest absolute Gasteiger partial charge is 0.458 e. The molecule has 3 aromatic rings. The maximum Gasteiger partial charge on any atom is 0.343 e. The fourth-order valence-electron chi connectivity index (χ4n) is 9.70. The number of cyclic esters (lactones) is 1. The van der Waals surface area contributed by atoms with Crippen molar-refractivity contribution < 1.29 is 67.5 Å². The third kappa shape index (κ3) is 14.8. The van der Waals surface area contributed by atoms with Crippen LogP contribution in [0.2, 0.25) is 0 Å². The zero-order valence-corrected chi connectivity index (χ0v) is 45.0. The molecule has 0 unspecified atom stereocenters. The first-order chi connectivity index (χ1) is 37.2. The summed E-state index contributed by atoms with van der Waals surface area (Å²) in [6, 6.07) is 1.44. The van der Waals surface area contributed by atoms with Gasteiger partial charge in [-0.05, 0) is 107 Å². The lowest BCUT2D eigenvalue weighted by Crippen LogP contribution is -2.57. The van der Waals surface area contributed by atoms with Crippen LogP contribution in [-0.2, 0) is 73.0 Å². The van der Waals surface area contributed by atoms with E-state index in [0.717, 1.165) is 21.4 Å². The van der Waals surface area contributed by atoms with Gasteiger partial charge in [-0.25, -0.2) is 14.2 Å². The second-order valence-electron chi connectivity index (χ2n) is 20.5. The Morgan fingerprint density at radius 2 is 1.60 bits per heavy atom. The van der Waals surface area contributed by atoms with Gasteiger partial charge in [0, 0.05) is 67.3 Å². The number of hydrogen-bond acceptors (Lipinski definition) is 15. The van der Waals surface area contributed by atoms with E-state index in [9.17, 15) is 53.4 Å². The quantitative estimate of drug-likeness (QED) is 0.0160. The number of rotatable bonds is 30. The molecule has 1 aromatic carbocycles. The number of nitrogens with one attached hydrogen (secondary N) is 5. The number of hydrogen-bond donors (Lipinski definition) is 8. The van der Waals surface area contributed by atoms with Crippen LogP contribution in [0.5, 0.6) is 0 Å². The van der Waals surface area contributed by atoms with Crippen molar-refractivity contribution in [1.82, 2.24) is 41.0 Å². The van der Waals surface area contributed by atoms with Crippen LogP contribution in [-0.4, -0.2) is 134 Å². The summed E-state index contributed by atoms with van der Waals surface area (Å²) in [6.07, 6.45) is 5.70. The van der Waals surface area contributed by atoms with Crippen LogP contribution in [0.3, 0.4) is 0 Å². The molecule has 78 heavy (non-hydrogen) atoms. The third-order valence-corrected chi connectivity index (χ3v) is 14.5. The van der Waals surface area contributed by atoms with E-state index in [0.29, 0.717) is 86.8 Å². The zero-order chi connectivity index (χ0) is 56.8. The van der Waals surface area contributed by atoms with Gasteiger partial charge < -0.3 is 55.9 Å². The summed E-state index contributed by atoms with van der Waals surface area (Å²) in [5.41, 5.74) is 1.22. The SMILES string of the molecule is CC[C@@]1(O)C(=O)OCc2c1cc1n(c2=O)Cc2cc3c(CCCCOCNC(=O)[C@H](C)NC(=O)[C@@H](NC(=O)[C@H](CCC(=O)NCCCC[C@H](O)CO)NC(=O)CCCCCN4C(=O)C=CC4=O)C(C)C)c(C)c(F)cc3nc2-1. The number of nitrogens with zero attached hydrogens (tertiary/aromatic N) is 3. The standard InChI is InChI=1S/C55H73FN8O14/c1-6-55(76)39-25-43-49-34(27-64(43)53(74)38(39)29-78-54(55)75)24-37-36(32(4)40(56)26-42(37)61-49)15-10-13-23-77-30-58-50(71)33(5)59-52(73)48(31(2)3)62-51(72)41(17-18-44(67)57-21-11-9-14-35(66)28-65)60-45(68)16-8-7-12-22-63-46(69)19-20-47(63)70/h19-20,24-26,31,33,35,41,48,65-66,76H,6-18,21-23,27-30H2,1-5H3,(H,57,67)(H,58,71)(H,59,73)(H,60,68)(H,62,72)/t33-,35-,41-,48-,55-/m0/s1. The maximum atomic E-state index is 15.4. The van der Waals surface area contributed by atoms with Gasteiger partial charge in [0.25, 0.3) is 17.4 Å². The monoisotopic (exact) mass is 1090 g/mol. The van der Waals surface area contributed by atoms with E-state index in [1.54, 1.807) is 33.8 Å².